The van der Waals surface area contributed by atoms with E-state index in [1.54, 1.807) is 25.1 Å². The number of amides is 2. The second kappa shape index (κ2) is 6.63. The first kappa shape index (κ1) is 14.8. The smallest absolute Gasteiger partial charge is 0.260 e. The Balaban J connectivity index is 3.12. The summed E-state index contributed by atoms with van der Waals surface area (Å²) in [5, 5.41) is 0. The van der Waals surface area contributed by atoms with Crippen molar-refractivity contribution in [3.8, 4) is 5.75 Å². The van der Waals surface area contributed by atoms with Gasteiger partial charge < -0.3 is 21.1 Å². The first-order chi connectivity index (χ1) is 9.01. The van der Waals surface area contributed by atoms with Gasteiger partial charge in [-0.05, 0) is 26.0 Å². The van der Waals surface area contributed by atoms with Crippen LogP contribution >= 0.6 is 0 Å². The summed E-state index contributed by atoms with van der Waals surface area (Å²) < 4.78 is 5.39. The second-order valence-corrected chi connectivity index (χ2v) is 3.94. The molecule has 0 heterocycles. The Hall–Kier alpha value is -2.24. The predicted octanol–water partition coefficient (Wildman–Crippen LogP) is 0.615. The Bertz CT molecular complexity index is 474. The molecule has 4 N–H and O–H groups in total. The van der Waals surface area contributed by atoms with Crippen LogP contribution in [-0.2, 0) is 4.79 Å². The molecule has 104 valence electrons. The molecule has 0 aliphatic rings. The summed E-state index contributed by atoms with van der Waals surface area (Å²) in [7, 11) is 0. The maximum atomic E-state index is 12.4. The minimum atomic E-state index is -0.567. The molecular formula is C13H19N3O3. The van der Waals surface area contributed by atoms with Crippen LogP contribution in [0.1, 0.15) is 24.2 Å². The van der Waals surface area contributed by atoms with Crippen LogP contribution in [0.3, 0.4) is 0 Å². The van der Waals surface area contributed by atoms with Gasteiger partial charge in [0.2, 0.25) is 5.91 Å². The fourth-order valence-corrected chi connectivity index (χ4v) is 1.73. The van der Waals surface area contributed by atoms with Crippen LogP contribution in [0.15, 0.2) is 18.2 Å². The Morgan fingerprint density at radius 1 is 1.32 bits per heavy atom. The van der Waals surface area contributed by atoms with E-state index in [2.05, 4.69) is 0 Å². The van der Waals surface area contributed by atoms with Crippen LogP contribution in [0.25, 0.3) is 0 Å². The van der Waals surface area contributed by atoms with E-state index in [0.717, 1.165) is 0 Å². The summed E-state index contributed by atoms with van der Waals surface area (Å²) in [5.41, 5.74) is 11.5. The molecule has 0 spiro atoms. The molecule has 19 heavy (non-hydrogen) atoms. The van der Waals surface area contributed by atoms with Gasteiger partial charge in [0.15, 0.2) is 0 Å². The minimum absolute atomic E-state index is 0.144. The number of rotatable bonds is 6. The monoisotopic (exact) mass is 265 g/mol. The fraction of sp³-hybridized carbons (Fsp3) is 0.385. The van der Waals surface area contributed by atoms with Gasteiger partial charge in [-0.3, -0.25) is 9.59 Å². The van der Waals surface area contributed by atoms with Crippen molar-refractivity contribution in [2.75, 3.05) is 25.4 Å². The number of hydrogen-bond acceptors (Lipinski definition) is 4. The third kappa shape index (κ3) is 3.61. The first-order valence-corrected chi connectivity index (χ1v) is 6.10. The van der Waals surface area contributed by atoms with Gasteiger partial charge in [-0.1, -0.05) is 6.07 Å². The maximum Gasteiger partial charge on any atom is 0.260 e. The summed E-state index contributed by atoms with van der Waals surface area (Å²) in [5.74, 6) is -0.513. The third-order valence-electron chi connectivity index (χ3n) is 2.59. The van der Waals surface area contributed by atoms with Gasteiger partial charge in [0.1, 0.15) is 11.3 Å². The second-order valence-electron chi connectivity index (χ2n) is 3.94. The van der Waals surface area contributed by atoms with Crippen molar-refractivity contribution in [1.29, 1.82) is 0 Å². The maximum absolute atomic E-state index is 12.4. The molecule has 0 unspecified atom stereocenters. The van der Waals surface area contributed by atoms with Crippen molar-refractivity contribution < 1.29 is 14.3 Å². The van der Waals surface area contributed by atoms with Crippen molar-refractivity contribution in [3.05, 3.63) is 23.8 Å². The first-order valence-electron chi connectivity index (χ1n) is 6.10. The zero-order chi connectivity index (χ0) is 14.4. The minimum Gasteiger partial charge on any atom is -0.493 e. The van der Waals surface area contributed by atoms with Crippen molar-refractivity contribution >= 4 is 17.5 Å². The highest BCUT2D eigenvalue weighted by Gasteiger charge is 2.22. The van der Waals surface area contributed by atoms with Crippen LogP contribution in [-0.4, -0.2) is 36.4 Å². The molecule has 0 saturated heterocycles. The molecule has 0 radical (unpaired) electrons. The summed E-state index contributed by atoms with van der Waals surface area (Å²) >= 11 is 0. The van der Waals surface area contributed by atoms with Gasteiger partial charge in [-0.15, -0.1) is 0 Å². The van der Waals surface area contributed by atoms with Crippen molar-refractivity contribution in [1.82, 2.24) is 4.90 Å². The Morgan fingerprint density at radius 2 is 2.00 bits per heavy atom. The molecule has 0 aliphatic carbocycles. The number of primary amides is 1. The summed E-state index contributed by atoms with van der Waals surface area (Å²) in [6, 6.07) is 5.00. The number of nitrogen functional groups attached to an aromatic ring is 1. The van der Waals surface area contributed by atoms with E-state index in [4.69, 9.17) is 16.2 Å². The van der Waals surface area contributed by atoms with E-state index >= 15 is 0 Å². The molecule has 2 amide bonds. The molecule has 0 saturated carbocycles. The molecule has 1 rings (SSSR count). The number of hydrogen-bond donors (Lipinski definition) is 2. The van der Waals surface area contributed by atoms with Crippen LogP contribution in [0.2, 0.25) is 0 Å². The van der Waals surface area contributed by atoms with Gasteiger partial charge in [0.05, 0.1) is 13.2 Å². The zero-order valence-electron chi connectivity index (χ0n) is 11.2. The molecule has 0 fully saturated rings. The average molecular weight is 265 g/mol. The van der Waals surface area contributed by atoms with Gasteiger partial charge >= 0.3 is 0 Å². The van der Waals surface area contributed by atoms with Crippen molar-refractivity contribution in [2.24, 2.45) is 5.73 Å². The van der Waals surface area contributed by atoms with E-state index in [9.17, 15) is 9.59 Å². The number of ether oxygens (including phenoxy) is 1. The molecule has 1 aromatic rings. The van der Waals surface area contributed by atoms with E-state index in [1.165, 1.54) is 4.90 Å². The topological polar surface area (TPSA) is 98.7 Å². The lowest BCUT2D eigenvalue weighted by molar-refractivity contribution is -0.118. The van der Waals surface area contributed by atoms with Crippen LogP contribution < -0.4 is 16.2 Å². The highest BCUT2D eigenvalue weighted by atomic mass is 16.5. The largest absolute Gasteiger partial charge is 0.493 e. The Labute approximate surface area is 112 Å². The summed E-state index contributed by atoms with van der Waals surface area (Å²) in [4.78, 5) is 24.7. The molecule has 0 aromatic heterocycles. The number of anilines is 1. The van der Waals surface area contributed by atoms with E-state index in [1.807, 2.05) is 6.92 Å². The Kier molecular flexibility index (Phi) is 5.17. The van der Waals surface area contributed by atoms with E-state index in [-0.39, 0.29) is 18.0 Å². The van der Waals surface area contributed by atoms with Crippen LogP contribution in [0.5, 0.6) is 5.75 Å². The molecule has 0 atom stereocenters. The number of carbonyl (C=O) groups is 2. The number of nitrogens with two attached hydrogens (primary N) is 2. The molecule has 6 nitrogen and oxygen atoms in total. The predicted molar refractivity (Wildman–Crippen MR) is 72.8 cm³/mol. The number of benzene rings is 1. The molecule has 6 heteroatoms. The molecule has 0 aliphatic heterocycles. The normalized spacial score (nSPS) is 10.0. The fourth-order valence-electron chi connectivity index (χ4n) is 1.73. The van der Waals surface area contributed by atoms with Gasteiger partial charge in [0, 0.05) is 12.2 Å². The average Bonchev–Trinajstić information content (AvgIpc) is 2.35. The summed E-state index contributed by atoms with van der Waals surface area (Å²) in [6.07, 6.45) is 0. The molecule has 1 aromatic carbocycles. The van der Waals surface area contributed by atoms with Gasteiger partial charge in [0.25, 0.3) is 5.91 Å². The highest BCUT2D eigenvalue weighted by Crippen LogP contribution is 2.26. The number of nitrogens with zero attached hydrogens (tertiary/aromatic N) is 1. The summed E-state index contributed by atoms with van der Waals surface area (Å²) in [6.45, 7) is 4.22. The lowest BCUT2D eigenvalue weighted by atomic mass is 10.1. The Morgan fingerprint density at radius 3 is 2.53 bits per heavy atom. The zero-order valence-corrected chi connectivity index (χ0v) is 11.2. The molecular weight excluding hydrogens is 246 g/mol. The quantitative estimate of drug-likeness (QED) is 0.736. The SMILES string of the molecule is CCOc1cccc(N)c1C(=O)N(CC)CC(N)=O. The number of likely N-dealkylation sites (N-methyl/N-ethyl adjacent to an activating group) is 1. The lowest BCUT2D eigenvalue weighted by Gasteiger charge is -2.21. The number of carbonyl (C=O) groups excluding carboxylic acids is 2. The standard InChI is InChI=1S/C13H19N3O3/c1-3-16(8-11(15)17)13(18)12-9(14)6-5-7-10(12)19-4-2/h5-7H,3-4,8,14H2,1-2H3,(H2,15,17). The van der Waals surface area contributed by atoms with E-state index < -0.39 is 5.91 Å². The van der Waals surface area contributed by atoms with Gasteiger partial charge in [-0.2, -0.15) is 0 Å². The van der Waals surface area contributed by atoms with Crippen LogP contribution in [0.4, 0.5) is 5.69 Å². The van der Waals surface area contributed by atoms with Crippen molar-refractivity contribution in [2.45, 2.75) is 13.8 Å². The van der Waals surface area contributed by atoms with Gasteiger partial charge in [-0.25, -0.2) is 0 Å². The van der Waals surface area contributed by atoms with Crippen LogP contribution in [0, 0.1) is 0 Å². The molecule has 0 bridgehead atoms. The third-order valence-corrected chi connectivity index (χ3v) is 2.59. The highest BCUT2D eigenvalue weighted by molar-refractivity contribution is 6.03. The lowest BCUT2D eigenvalue weighted by Crippen LogP contribution is -2.38. The van der Waals surface area contributed by atoms with Crippen molar-refractivity contribution in [3.63, 3.8) is 0 Å². The van der Waals surface area contributed by atoms with E-state index in [0.29, 0.717) is 24.6 Å².